The van der Waals surface area contributed by atoms with Crippen LogP contribution >= 0.6 is 23.6 Å². The first-order valence-corrected chi connectivity index (χ1v) is 7.68. The summed E-state index contributed by atoms with van der Waals surface area (Å²) in [6.45, 7) is 3.44. The van der Waals surface area contributed by atoms with Gasteiger partial charge in [0.05, 0.1) is 18.8 Å². The molecular weight excluding hydrogens is 296 g/mol. The highest BCUT2D eigenvalue weighted by Gasteiger charge is 2.18. The van der Waals surface area contributed by atoms with Crippen LogP contribution in [0.25, 0.3) is 0 Å². The summed E-state index contributed by atoms with van der Waals surface area (Å²) in [5.74, 6) is -0.362. The number of rotatable bonds is 4. The zero-order valence-corrected chi connectivity index (χ0v) is 13.2. The van der Waals surface area contributed by atoms with Gasteiger partial charge in [-0.2, -0.15) is 0 Å². The number of nitrogens with one attached hydrogen (secondary N) is 2. The molecule has 0 aliphatic carbocycles. The van der Waals surface area contributed by atoms with Crippen molar-refractivity contribution < 1.29 is 14.3 Å². The van der Waals surface area contributed by atoms with Crippen LogP contribution in [0.4, 0.5) is 5.00 Å². The van der Waals surface area contributed by atoms with Gasteiger partial charge in [-0.15, -0.1) is 11.3 Å². The smallest absolute Gasteiger partial charge is 0.340 e. The van der Waals surface area contributed by atoms with Gasteiger partial charge in [0.25, 0.3) is 0 Å². The summed E-state index contributed by atoms with van der Waals surface area (Å²) in [7, 11) is 1.37. The van der Waals surface area contributed by atoms with Crippen molar-refractivity contribution in [3.05, 3.63) is 16.5 Å². The Kier molecular flexibility index (Phi) is 5.33. The van der Waals surface area contributed by atoms with Crippen molar-refractivity contribution in [1.82, 2.24) is 5.32 Å². The SMILES string of the molecule is COC(=O)c1cc(C)sc1NC(=S)NCC1CCCO1. The van der Waals surface area contributed by atoms with Crippen molar-refractivity contribution in [2.75, 3.05) is 25.6 Å². The van der Waals surface area contributed by atoms with Crippen molar-refractivity contribution in [3.8, 4) is 0 Å². The predicted octanol–water partition coefficient (Wildman–Crippen LogP) is 2.31. The Hall–Kier alpha value is -1.18. The predicted molar refractivity (Wildman–Crippen MR) is 83.6 cm³/mol. The third-order valence-corrected chi connectivity index (χ3v) is 4.21. The van der Waals surface area contributed by atoms with Crippen LogP contribution in [0.1, 0.15) is 28.1 Å². The van der Waals surface area contributed by atoms with Crippen LogP contribution in [0.2, 0.25) is 0 Å². The minimum atomic E-state index is -0.362. The molecule has 1 saturated heterocycles. The van der Waals surface area contributed by atoms with Gasteiger partial charge >= 0.3 is 5.97 Å². The second kappa shape index (κ2) is 7.01. The van der Waals surface area contributed by atoms with Crippen LogP contribution in [0.3, 0.4) is 0 Å². The average molecular weight is 314 g/mol. The van der Waals surface area contributed by atoms with Crippen LogP contribution in [0.15, 0.2) is 6.07 Å². The highest BCUT2D eigenvalue weighted by Crippen LogP contribution is 2.28. The Balaban J connectivity index is 1.91. The standard InChI is InChI=1S/C13H18N2O3S2/c1-8-6-10(12(16)17-2)11(20-8)15-13(19)14-7-9-4-3-5-18-9/h6,9H,3-5,7H2,1-2H3,(H2,14,15,19). The maximum atomic E-state index is 11.7. The van der Waals surface area contributed by atoms with E-state index in [1.54, 1.807) is 6.07 Å². The zero-order valence-electron chi connectivity index (χ0n) is 11.5. The Morgan fingerprint density at radius 3 is 3.10 bits per heavy atom. The van der Waals surface area contributed by atoms with Gasteiger partial charge in [0.1, 0.15) is 5.00 Å². The van der Waals surface area contributed by atoms with E-state index in [0.717, 1.165) is 24.3 Å². The van der Waals surface area contributed by atoms with Gasteiger partial charge in [-0.3, -0.25) is 0 Å². The maximum Gasteiger partial charge on any atom is 0.340 e. The molecule has 7 heteroatoms. The molecule has 1 aromatic rings. The van der Waals surface area contributed by atoms with E-state index in [0.29, 0.717) is 22.2 Å². The van der Waals surface area contributed by atoms with E-state index >= 15 is 0 Å². The van der Waals surface area contributed by atoms with Crippen molar-refractivity contribution >= 4 is 39.6 Å². The topological polar surface area (TPSA) is 59.6 Å². The summed E-state index contributed by atoms with van der Waals surface area (Å²) < 4.78 is 10.3. The number of methoxy groups -OCH3 is 1. The summed E-state index contributed by atoms with van der Waals surface area (Å²) >= 11 is 6.71. The zero-order chi connectivity index (χ0) is 14.5. The highest BCUT2D eigenvalue weighted by atomic mass is 32.1. The molecule has 5 nitrogen and oxygen atoms in total. The lowest BCUT2D eigenvalue weighted by Crippen LogP contribution is -2.34. The lowest BCUT2D eigenvalue weighted by molar-refractivity contribution is 0.0602. The Labute approximate surface area is 127 Å². The molecule has 1 fully saturated rings. The molecule has 1 atom stereocenters. The number of carbonyl (C=O) groups is 1. The van der Waals surface area contributed by atoms with E-state index in [9.17, 15) is 4.79 Å². The first kappa shape index (κ1) is 15.2. The second-order valence-corrected chi connectivity index (χ2v) is 6.23. The number of carbonyl (C=O) groups excluding carboxylic acids is 1. The van der Waals surface area contributed by atoms with Gasteiger partial charge in [-0.1, -0.05) is 0 Å². The van der Waals surface area contributed by atoms with E-state index in [1.807, 2.05) is 6.92 Å². The molecule has 1 aliphatic heterocycles. The first-order valence-electron chi connectivity index (χ1n) is 6.45. The van der Waals surface area contributed by atoms with E-state index in [-0.39, 0.29) is 12.1 Å². The number of anilines is 1. The molecule has 2 rings (SSSR count). The van der Waals surface area contributed by atoms with E-state index in [1.165, 1.54) is 18.4 Å². The molecular formula is C13H18N2O3S2. The highest BCUT2D eigenvalue weighted by molar-refractivity contribution is 7.80. The van der Waals surface area contributed by atoms with Gasteiger partial charge in [-0.25, -0.2) is 4.79 Å². The number of hydrogen-bond donors (Lipinski definition) is 2. The normalized spacial score (nSPS) is 17.8. The van der Waals surface area contributed by atoms with Gasteiger partial charge in [0.15, 0.2) is 5.11 Å². The number of ether oxygens (including phenoxy) is 2. The summed E-state index contributed by atoms with van der Waals surface area (Å²) in [6, 6.07) is 1.79. The molecule has 0 bridgehead atoms. The van der Waals surface area contributed by atoms with Crippen molar-refractivity contribution in [2.24, 2.45) is 0 Å². The lowest BCUT2D eigenvalue weighted by atomic mass is 10.2. The quantitative estimate of drug-likeness (QED) is 0.657. The fourth-order valence-corrected chi connectivity index (χ4v) is 3.18. The lowest BCUT2D eigenvalue weighted by Gasteiger charge is -2.13. The number of aryl methyl sites for hydroxylation is 1. The summed E-state index contributed by atoms with van der Waals surface area (Å²) in [5, 5.41) is 7.37. The van der Waals surface area contributed by atoms with Crippen molar-refractivity contribution in [1.29, 1.82) is 0 Å². The van der Waals surface area contributed by atoms with E-state index < -0.39 is 0 Å². The van der Waals surface area contributed by atoms with Crippen LogP contribution in [0, 0.1) is 6.92 Å². The van der Waals surface area contributed by atoms with Crippen molar-refractivity contribution in [3.63, 3.8) is 0 Å². The second-order valence-electron chi connectivity index (χ2n) is 4.56. The summed E-state index contributed by atoms with van der Waals surface area (Å²) in [4.78, 5) is 12.7. The van der Waals surface area contributed by atoms with Gasteiger partial charge in [0, 0.05) is 18.0 Å². The van der Waals surface area contributed by atoms with Crippen LogP contribution in [0.5, 0.6) is 0 Å². The number of thiocarbonyl (C=S) groups is 1. The molecule has 0 aromatic carbocycles. The minimum absolute atomic E-state index is 0.222. The molecule has 1 unspecified atom stereocenters. The summed E-state index contributed by atoms with van der Waals surface area (Å²) in [6.07, 6.45) is 2.38. The molecule has 0 amide bonds. The van der Waals surface area contributed by atoms with Crippen LogP contribution < -0.4 is 10.6 Å². The van der Waals surface area contributed by atoms with Crippen LogP contribution in [-0.4, -0.2) is 37.4 Å². The number of esters is 1. The molecule has 1 aromatic heterocycles. The number of hydrogen-bond acceptors (Lipinski definition) is 5. The molecule has 2 N–H and O–H groups in total. The first-order chi connectivity index (χ1) is 9.60. The Morgan fingerprint density at radius 1 is 1.65 bits per heavy atom. The molecule has 0 spiro atoms. The Bertz CT molecular complexity index is 496. The third kappa shape index (κ3) is 3.91. The Morgan fingerprint density at radius 2 is 2.45 bits per heavy atom. The fourth-order valence-electron chi connectivity index (χ4n) is 2.03. The van der Waals surface area contributed by atoms with Gasteiger partial charge in [0.2, 0.25) is 0 Å². The molecule has 110 valence electrons. The third-order valence-electron chi connectivity index (χ3n) is 3.00. The molecule has 0 radical (unpaired) electrons. The molecule has 20 heavy (non-hydrogen) atoms. The number of thiophene rings is 1. The molecule has 1 aliphatic rings. The average Bonchev–Trinajstić information content (AvgIpc) is 3.05. The molecule has 2 heterocycles. The van der Waals surface area contributed by atoms with Gasteiger partial charge in [-0.05, 0) is 38.0 Å². The summed E-state index contributed by atoms with van der Waals surface area (Å²) in [5.41, 5.74) is 0.510. The monoisotopic (exact) mass is 314 g/mol. The van der Waals surface area contributed by atoms with E-state index in [4.69, 9.17) is 21.7 Å². The van der Waals surface area contributed by atoms with E-state index in [2.05, 4.69) is 10.6 Å². The minimum Gasteiger partial charge on any atom is -0.465 e. The van der Waals surface area contributed by atoms with Crippen molar-refractivity contribution in [2.45, 2.75) is 25.9 Å². The van der Waals surface area contributed by atoms with Gasteiger partial charge < -0.3 is 20.1 Å². The van der Waals surface area contributed by atoms with Crippen LogP contribution in [-0.2, 0) is 9.47 Å². The fraction of sp³-hybridized carbons (Fsp3) is 0.538. The maximum absolute atomic E-state index is 11.7. The molecule has 0 saturated carbocycles. The largest absolute Gasteiger partial charge is 0.465 e.